The highest BCUT2D eigenvalue weighted by atomic mass is 16.5. The summed E-state index contributed by atoms with van der Waals surface area (Å²) in [5.41, 5.74) is 1.06. The Morgan fingerprint density at radius 3 is 2.88 bits per heavy atom. The van der Waals surface area contributed by atoms with Crippen LogP contribution < -0.4 is 5.32 Å². The van der Waals surface area contributed by atoms with Crippen LogP contribution in [-0.4, -0.2) is 29.3 Å². The van der Waals surface area contributed by atoms with Crippen LogP contribution in [0.15, 0.2) is 6.20 Å². The van der Waals surface area contributed by atoms with E-state index in [4.69, 9.17) is 4.74 Å². The van der Waals surface area contributed by atoms with Crippen molar-refractivity contribution >= 4 is 5.95 Å². The second-order valence-corrected chi connectivity index (χ2v) is 4.72. The molecular weight excluding hydrogens is 214 g/mol. The van der Waals surface area contributed by atoms with Gasteiger partial charge in [-0.3, -0.25) is 0 Å². The molecule has 0 spiro atoms. The molecule has 1 aromatic heterocycles. The second-order valence-electron chi connectivity index (χ2n) is 4.72. The van der Waals surface area contributed by atoms with Crippen molar-refractivity contribution in [3.8, 4) is 0 Å². The van der Waals surface area contributed by atoms with Crippen LogP contribution in [0.25, 0.3) is 0 Å². The first kappa shape index (κ1) is 14.0. The number of nitrogens with zero attached hydrogens (tertiary/aromatic N) is 2. The van der Waals surface area contributed by atoms with Gasteiger partial charge >= 0.3 is 0 Å². The van der Waals surface area contributed by atoms with E-state index in [1.165, 1.54) is 0 Å². The monoisotopic (exact) mass is 239 g/mol. The molecule has 1 N–H and O–H groups in total. The molecule has 17 heavy (non-hydrogen) atoms. The van der Waals surface area contributed by atoms with Gasteiger partial charge in [0.2, 0.25) is 5.95 Å². The van der Waals surface area contributed by atoms with Crippen LogP contribution in [0.5, 0.6) is 0 Å². The first-order valence-corrected chi connectivity index (χ1v) is 6.48. The summed E-state index contributed by atoms with van der Waals surface area (Å²) in [6, 6.07) is 0. The number of imidazole rings is 1. The number of ether oxygens (including phenoxy) is 1. The van der Waals surface area contributed by atoms with Crippen molar-refractivity contribution in [2.24, 2.45) is 5.92 Å². The normalized spacial score (nSPS) is 11.1. The van der Waals surface area contributed by atoms with E-state index < -0.39 is 0 Å². The summed E-state index contributed by atoms with van der Waals surface area (Å²) in [6.07, 6.45) is 3.12. The van der Waals surface area contributed by atoms with Crippen molar-refractivity contribution < 1.29 is 4.74 Å². The van der Waals surface area contributed by atoms with E-state index >= 15 is 0 Å². The Kier molecular flexibility index (Phi) is 6.05. The lowest BCUT2D eigenvalue weighted by molar-refractivity contribution is 0.142. The average Bonchev–Trinajstić information content (AvgIpc) is 2.62. The maximum atomic E-state index is 5.35. The molecule has 0 fully saturated rings. The van der Waals surface area contributed by atoms with Gasteiger partial charge < -0.3 is 14.6 Å². The van der Waals surface area contributed by atoms with E-state index in [1.807, 2.05) is 13.8 Å². The summed E-state index contributed by atoms with van der Waals surface area (Å²) in [4.78, 5) is 4.49. The van der Waals surface area contributed by atoms with Crippen molar-refractivity contribution in [2.45, 2.75) is 40.7 Å². The van der Waals surface area contributed by atoms with Crippen LogP contribution in [0, 0.1) is 12.8 Å². The molecule has 4 nitrogen and oxygen atoms in total. The summed E-state index contributed by atoms with van der Waals surface area (Å²) < 4.78 is 7.52. The zero-order chi connectivity index (χ0) is 12.7. The highest BCUT2D eigenvalue weighted by molar-refractivity contribution is 5.28. The lowest BCUT2D eigenvalue weighted by Gasteiger charge is -2.11. The van der Waals surface area contributed by atoms with Crippen LogP contribution >= 0.6 is 0 Å². The predicted molar refractivity (Wildman–Crippen MR) is 71.4 cm³/mol. The highest BCUT2D eigenvalue weighted by Crippen LogP contribution is 2.10. The van der Waals surface area contributed by atoms with Gasteiger partial charge in [-0.1, -0.05) is 13.8 Å². The van der Waals surface area contributed by atoms with Gasteiger partial charge in [0, 0.05) is 32.5 Å². The number of rotatable bonds is 8. The van der Waals surface area contributed by atoms with Crippen molar-refractivity contribution in [3.05, 3.63) is 11.9 Å². The van der Waals surface area contributed by atoms with Gasteiger partial charge in [-0.25, -0.2) is 4.98 Å². The molecule has 1 rings (SSSR count). The molecule has 98 valence electrons. The Hall–Kier alpha value is -1.03. The molecule has 0 aliphatic rings. The topological polar surface area (TPSA) is 39.1 Å². The number of hydrogen-bond acceptors (Lipinski definition) is 3. The minimum Gasteiger partial charge on any atom is -0.382 e. The van der Waals surface area contributed by atoms with Crippen LogP contribution in [0.3, 0.4) is 0 Å². The molecule has 0 unspecified atom stereocenters. The average molecular weight is 239 g/mol. The van der Waals surface area contributed by atoms with Crippen molar-refractivity contribution in [1.29, 1.82) is 0 Å². The first-order valence-electron chi connectivity index (χ1n) is 6.48. The SMILES string of the molecule is CCOCCCn1cc(C)nc1NCC(C)C. The molecule has 4 heteroatoms. The van der Waals surface area contributed by atoms with Gasteiger partial charge in [0.05, 0.1) is 5.69 Å². The Morgan fingerprint density at radius 2 is 2.24 bits per heavy atom. The molecule has 0 saturated carbocycles. The minimum atomic E-state index is 0.629. The second kappa shape index (κ2) is 7.33. The third-order valence-corrected chi connectivity index (χ3v) is 2.46. The van der Waals surface area contributed by atoms with Crippen LogP contribution in [-0.2, 0) is 11.3 Å². The molecule has 1 aromatic rings. The highest BCUT2D eigenvalue weighted by Gasteiger charge is 2.05. The zero-order valence-corrected chi connectivity index (χ0v) is 11.5. The quantitative estimate of drug-likeness (QED) is 0.709. The summed E-state index contributed by atoms with van der Waals surface area (Å²) in [6.45, 7) is 12.0. The molecular formula is C13H25N3O. The standard InChI is InChI=1S/C13H25N3O/c1-5-17-8-6-7-16-10-12(4)15-13(16)14-9-11(2)3/h10-11H,5-9H2,1-4H3,(H,14,15). The van der Waals surface area contributed by atoms with Gasteiger partial charge in [-0.05, 0) is 26.2 Å². The number of aryl methyl sites for hydroxylation is 2. The lowest BCUT2D eigenvalue weighted by atomic mass is 10.2. The molecule has 0 radical (unpaired) electrons. The third-order valence-electron chi connectivity index (χ3n) is 2.46. The largest absolute Gasteiger partial charge is 0.382 e. The van der Waals surface area contributed by atoms with Crippen molar-refractivity contribution in [1.82, 2.24) is 9.55 Å². The minimum absolute atomic E-state index is 0.629. The molecule has 0 aromatic carbocycles. The Bertz CT molecular complexity index is 320. The Balaban J connectivity index is 2.46. The van der Waals surface area contributed by atoms with E-state index in [1.54, 1.807) is 0 Å². The number of nitrogens with one attached hydrogen (secondary N) is 1. The zero-order valence-electron chi connectivity index (χ0n) is 11.5. The Labute approximate surface area is 104 Å². The summed E-state index contributed by atoms with van der Waals surface area (Å²) in [5, 5.41) is 3.39. The molecule has 0 amide bonds. The predicted octanol–water partition coefficient (Wildman–Crippen LogP) is 2.69. The molecule has 0 atom stereocenters. The van der Waals surface area contributed by atoms with Gasteiger partial charge in [-0.2, -0.15) is 0 Å². The van der Waals surface area contributed by atoms with Gasteiger partial charge in [0.25, 0.3) is 0 Å². The molecule has 0 aliphatic heterocycles. The number of aromatic nitrogens is 2. The summed E-state index contributed by atoms with van der Waals surface area (Å²) in [5.74, 6) is 1.61. The maximum absolute atomic E-state index is 5.35. The Morgan fingerprint density at radius 1 is 1.47 bits per heavy atom. The van der Waals surface area contributed by atoms with Crippen LogP contribution in [0.1, 0.15) is 32.9 Å². The first-order chi connectivity index (χ1) is 8.13. The molecule has 1 heterocycles. The van der Waals surface area contributed by atoms with Gasteiger partial charge in [0.15, 0.2) is 0 Å². The number of hydrogen-bond donors (Lipinski definition) is 1. The third kappa shape index (κ3) is 5.22. The number of anilines is 1. The fraction of sp³-hybridized carbons (Fsp3) is 0.769. The smallest absolute Gasteiger partial charge is 0.203 e. The molecule has 0 bridgehead atoms. The summed E-state index contributed by atoms with van der Waals surface area (Å²) in [7, 11) is 0. The fourth-order valence-corrected chi connectivity index (χ4v) is 1.64. The van der Waals surface area contributed by atoms with E-state index in [-0.39, 0.29) is 0 Å². The summed E-state index contributed by atoms with van der Waals surface area (Å²) >= 11 is 0. The lowest BCUT2D eigenvalue weighted by Crippen LogP contribution is -2.13. The van der Waals surface area contributed by atoms with Crippen LogP contribution in [0.2, 0.25) is 0 Å². The molecule has 0 aliphatic carbocycles. The van der Waals surface area contributed by atoms with Crippen molar-refractivity contribution in [2.75, 3.05) is 25.1 Å². The van der Waals surface area contributed by atoms with Crippen molar-refractivity contribution in [3.63, 3.8) is 0 Å². The van der Waals surface area contributed by atoms with E-state index in [0.29, 0.717) is 5.92 Å². The van der Waals surface area contributed by atoms with Gasteiger partial charge in [0.1, 0.15) is 0 Å². The molecule has 0 saturated heterocycles. The van der Waals surface area contributed by atoms with E-state index in [0.717, 1.165) is 44.4 Å². The van der Waals surface area contributed by atoms with Gasteiger partial charge in [-0.15, -0.1) is 0 Å². The van der Waals surface area contributed by atoms with E-state index in [2.05, 4.69) is 34.9 Å². The van der Waals surface area contributed by atoms with E-state index in [9.17, 15) is 0 Å². The van der Waals surface area contributed by atoms with Crippen LogP contribution in [0.4, 0.5) is 5.95 Å². The fourth-order valence-electron chi connectivity index (χ4n) is 1.64. The maximum Gasteiger partial charge on any atom is 0.203 e.